The van der Waals surface area contributed by atoms with Crippen LogP contribution in [-0.4, -0.2) is 37.2 Å². The van der Waals surface area contributed by atoms with Crippen molar-refractivity contribution >= 4 is 18.4 Å². The van der Waals surface area contributed by atoms with Crippen LogP contribution in [0.3, 0.4) is 0 Å². The van der Waals surface area contributed by atoms with Crippen LogP contribution < -0.4 is 4.74 Å². The van der Waals surface area contributed by atoms with E-state index >= 15 is 0 Å². The van der Waals surface area contributed by atoms with Gasteiger partial charge in [0.2, 0.25) is 0 Å². The molecule has 1 N–H and O–H groups in total. The Morgan fingerprint density at radius 3 is 2.50 bits per heavy atom. The molecule has 16 heavy (non-hydrogen) atoms. The number of hydrogen-bond donors (Lipinski definition) is 1. The summed E-state index contributed by atoms with van der Waals surface area (Å²) in [4.78, 5) is 12.9. The lowest BCUT2D eigenvalue weighted by molar-refractivity contribution is 0.0693. The predicted octanol–water partition coefficient (Wildman–Crippen LogP) is 1.88. The normalized spacial score (nSPS) is 9.75. The molecule has 4 nitrogen and oxygen atoms in total. The molecule has 1 aromatic rings. The highest BCUT2D eigenvalue weighted by molar-refractivity contribution is 5.91. The quantitative estimate of drug-likeness (QED) is 0.880. The Bertz CT molecular complexity index is 366. The number of carbonyl (C=O) groups is 1. The van der Waals surface area contributed by atoms with Gasteiger partial charge in [0.25, 0.3) is 0 Å². The smallest absolute Gasteiger partial charge is 0.339 e. The van der Waals surface area contributed by atoms with E-state index in [1.165, 1.54) is 7.11 Å². The number of halogens is 1. The second-order valence-corrected chi connectivity index (χ2v) is 3.58. The molecule has 90 valence electrons. The second kappa shape index (κ2) is 6.35. The number of carboxylic acid groups (broad SMARTS) is 1. The van der Waals surface area contributed by atoms with E-state index in [0.717, 1.165) is 5.56 Å². The molecule has 0 saturated carbocycles. The van der Waals surface area contributed by atoms with Gasteiger partial charge in [-0.2, -0.15) is 0 Å². The monoisotopic (exact) mass is 245 g/mol. The van der Waals surface area contributed by atoms with Gasteiger partial charge in [0, 0.05) is 6.54 Å². The van der Waals surface area contributed by atoms with Crippen LogP contribution in [0, 0.1) is 0 Å². The Balaban J connectivity index is 0.00000225. The fraction of sp³-hybridized carbons (Fsp3) is 0.364. The summed E-state index contributed by atoms with van der Waals surface area (Å²) >= 11 is 0. The van der Waals surface area contributed by atoms with Gasteiger partial charge in [0.15, 0.2) is 0 Å². The van der Waals surface area contributed by atoms with Gasteiger partial charge in [0.1, 0.15) is 11.3 Å². The first-order chi connectivity index (χ1) is 7.04. The average Bonchev–Trinajstić information content (AvgIpc) is 2.16. The number of aromatic carboxylic acids is 1. The zero-order valence-electron chi connectivity index (χ0n) is 9.56. The Kier molecular flexibility index (Phi) is 5.85. The standard InChI is InChI=1S/C11H15NO3.ClH/c1-12(2)7-8-4-5-10(15-3)9(6-8)11(13)14;/h4-6H,7H2,1-3H3,(H,13,14);1H. The molecule has 0 aliphatic heterocycles. The zero-order chi connectivity index (χ0) is 11.4. The molecule has 0 fully saturated rings. The van der Waals surface area contributed by atoms with Gasteiger partial charge >= 0.3 is 5.97 Å². The maximum atomic E-state index is 10.9. The van der Waals surface area contributed by atoms with Crippen LogP contribution in [0.5, 0.6) is 5.75 Å². The molecule has 0 bridgehead atoms. The number of hydrogen-bond acceptors (Lipinski definition) is 3. The third kappa shape index (κ3) is 3.72. The van der Waals surface area contributed by atoms with Crippen molar-refractivity contribution in [2.45, 2.75) is 6.54 Å². The van der Waals surface area contributed by atoms with Crippen molar-refractivity contribution in [1.82, 2.24) is 4.90 Å². The summed E-state index contributed by atoms with van der Waals surface area (Å²) in [6, 6.07) is 5.19. The summed E-state index contributed by atoms with van der Waals surface area (Å²) in [5, 5.41) is 8.96. The maximum Gasteiger partial charge on any atom is 0.339 e. The molecular weight excluding hydrogens is 230 g/mol. The van der Waals surface area contributed by atoms with E-state index in [2.05, 4.69) is 0 Å². The largest absolute Gasteiger partial charge is 0.496 e. The number of ether oxygens (including phenoxy) is 1. The Morgan fingerprint density at radius 1 is 1.44 bits per heavy atom. The summed E-state index contributed by atoms with van der Waals surface area (Å²) in [6.07, 6.45) is 0. The molecule has 0 heterocycles. The first-order valence-corrected chi connectivity index (χ1v) is 4.59. The second-order valence-electron chi connectivity index (χ2n) is 3.58. The van der Waals surface area contributed by atoms with Crippen molar-refractivity contribution < 1.29 is 14.6 Å². The zero-order valence-corrected chi connectivity index (χ0v) is 10.4. The number of benzene rings is 1. The van der Waals surface area contributed by atoms with E-state index < -0.39 is 5.97 Å². The molecular formula is C11H16ClNO3. The topological polar surface area (TPSA) is 49.8 Å². The van der Waals surface area contributed by atoms with E-state index in [0.29, 0.717) is 12.3 Å². The number of carboxylic acids is 1. The molecule has 0 aromatic heterocycles. The lowest BCUT2D eigenvalue weighted by Crippen LogP contribution is -2.11. The SMILES string of the molecule is COc1ccc(CN(C)C)cc1C(=O)O.Cl. The van der Waals surface area contributed by atoms with E-state index in [1.807, 2.05) is 25.1 Å². The minimum atomic E-state index is -0.965. The van der Waals surface area contributed by atoms with E-state index in [1.54, 1.807) is 12.1 Å². The number of nitrogens with zero attached hydrogens (tertiary/aromatic N) is 1. The summed E-state index contributed by atoms with van der Waals surface area (Å²) in [5.41, 5.74) is 1.16. The van der Waals surface area contributed by atoms with E-state index in [9.17, 15) is 4.79 Å². The molecule has 1 aromatic carbocycles. The van der Waals surface area contributed by atoms with Gasteiger partial charge in [-0.3, -0.25) is 0 Å². The highest BCUT2D eigenvalue weighted by atomic mass is 35.5. The van der Waals surface area contributed by atoms with Crippen LogP contribution in [-0.2, 0) is 6.54 Å². The minimum Gasteiger partial charge on any atom is -0.496 e. The third-order valence-corrected chi connectivity index (χ3v) is 1.99. The average molecular weight is 246 g/mol. The highest BCUT2D eigenvalue weighted by Crippen LogP contribution is 2.20. The van der Waals surface area contributed by atoms with Gasteiger partial charge < -0.3 is 14.7 Å². The fourth-order valence-electron chi connectivity index (χ4n) is 1.39. The van der Waals surface area contributed by atoms with E-state index in [-0.39, 0.29) is 18.0 Å². The first-order valence-electron chi connectivity index (χ1n) is 4.59. The van der Waals surface area contributed by atoms with Gasteiger partial charge in [-0.1, -0.05) is 6.07 Å². The predicted molar refractivity (Wildman–Crippen MR) is 64.6 cm³/mol. The molecule has 0 radical (unpaired) electrons. The van der Waals surface area contributed by atoms with Crippen molar-refractivity contribution in [3.8, 4) is 5.75 Å². The van der Waals surface area contributed by atoms with Crippen LogP contribution in [0.4, 0.5) is 0 Å². The lowest BCUT2D eigenvalue weighted by atomic mass is 10.1. The van der Waals surface area contributed by atoms with E-state index in [4.69, 9.17) is 9.84 Å². The van der Waals surface area contributed by atoms with Gasteiger partial charge in [-0.25, -0.2) is 4.79 Å². The van der Waals surface area contributed by atoms with Gasteiger partial charge in [-0.05, 0) is 31.8 Å². The number of methoxy groups -OCH3 is 1. The molecule has 1 rings (SSSR count). The molecule has 0 unspecified atom stereocenters. The van der Waals surface area contributed by atoms with Crippen LogP contribution in [0.2, 0.25) is 0 Å². The van der Waals surface area contributed by atoms with Crippen molar-refractivity contribution in [2.24, 2.45) is 0 Å². The van der Waals surface area contributed by atoms with Crippen LogP contribution in [0.25, 0.3) is 0 Å². The Labute approximate surface area is 101 Å². The lowest BCUT2D eigenvalue weighted by Gasteiger charge is -2.11. The fourth-order valence-corrected chi connectivity index (χ4v) is 1.39. The molecule has 0 atom stereocenters. The summed E-state index contributed by atoms with van der Waals surface area (Å²) in [7, 11) is 5.34. The molecule has 0 spiro atoms. The molecule has 0 amide bonds. The Morgan fingerprint density at radius 2 is 2.06 bits per heavy atom. The summed E-state index contributed by atoms with van der Waals surface area (Å²) in [5.74, 6) is -0.572. The molecule has 0 aliphatic carbocycles. The maximum absolute atomic E-state index is 10.9. The molecule has 5 heteroatoms. The van der Waals surface area contributed by atoms with Gasteiger partial charge in [-0.15, -0.1) is 12.4 Å². The van der Waals surface area contributed by atoms with Crippen molar-refractivity contribution in [3.63, 3.8) is 0 Å². The molecule has 0 saturated heterocycles. The third-order valence-electron chi connectivity index (χ3n) is 1.99. The van der Waals surface area contributed by atoms with Gasteiger partial charge in [0.05, 0.1) is 7.11 Å². The molecule has 0 aliphatic rings. The first kappa shape index (κ1) is 14.7. The van der Waals surface area contributed by atoms with Crippen LogP contribution in [0.15, 0.2) is 18.2 Å². The highest BCUT2D eigenvalue weighted by Gasteiger charge is 2.11. The van der Waals surface area contributed by atoms with Crippen molar-refractivity contribution in [1.29, 1.82) is 0 Å². The van der Waals surface area contributed by atoms with Crippen molar-refractivity contribution in [3.05, 3.63) is 29.3 Å². The summed E-state index contributed by atoms with van der Waals surface area (Å²) < 4.78 is 4.97. The Hall–Kier alpha value is -1.26. The van der Waals surface area contributed by atoms with Crippen LogP contribution >= 0.6 is 12.4 Å². The number of rotatable bonds is 4. The minimum absolute atomic E-state index is 0. The summed E-state index contributed by atoms with van der Waals surface area (Å²) in [6.45, 7) is 0.713. The van der Waals surface area contributed by atoms with Crippen LogP contribution in [0.1, 0.15) is 15.9 Å². The van der Waals surface area contributed by atoms with Crippen molar-refractivity contribution in [2.75, 3.05) is 21.2 Å².